The molecule has 1 fully saturated rings. The molecule has 2 rings (SSSR count). The first-order valence-corrected chi connectivity index (χ1v) is 8.95. The molecule has 0 spiro atoms. The van der Waals surface area contributed by atoms with Crippen molar-refractivity contribution >= 4 is 30.7 Å². The lowest BCUT2D eigenvalue weighted by molar-refractivity contribution is -0.128. The van der Waals surface area contributed by atoms with Crippen LogP contribution in [0, 0.1) is 5.92 Å². The maximum atomic E-state index is 12.3. The van der Waals surface area contributed by atoms with Crippen LogP contribution in [0.4, 0.5) is 0 Å². The van der Waals surface area contributed by atoms with E-state index < -0.39 is 0 Å². The van der Waals surface area contributed by atoms with Crippen molar-refractivity contribution in [2.24, 2.45) is 11.7 Å². The predicted molar refractivity (Wildman–Crippen MR) is 111 cm³/mol. The summed E-state index contributed by atoms with van der Waals surface area (Å²) in [6.07, 6.45) is 0.873. The van der Waals surface area contributed by atoms with Gasteiger partial charge in [-0.25, -0.2) is 0 Å². The number of hydrogen-bond donors (Lipinski definition) is 2. The molecule has 5 nitrogen and oxygen atoms in total. The van der Waals surface area contributed by atoms with Crippen LogP contribution in [0.25, 0.3) is 0 Å². The molecule has 0 aliphatic carbocycles. The number of morpholine rings is 1. The summed E-state index contributed by atoms with van der Waals surface area (Å²) in [4.78, 5) is 14.7. The molecule has 4 atom stereocenters. The number of carbonyl (C=O) groups is 1. The van der Waals surface area contributed by atoms with Crippen LogP contribution in [0.1, 0.15) is 32.8 Å². The Kier molecular flexibility index (Phi) is 12.1. The largest absolute Gasteiger partial charge is 0.373 e. The summed E-state index contributed by atoms with van der Waals surface area (Å²) in [5.41, 5.74) is 7.15. The van der Waals surface area contributed by atoms with Crippen molar-refractivity contribution < 1.29 is 9.53 Å². The number of ether oxygens (including phenoxy) is 1. The topological polar surface area (TPSA) is 67.6 Å². The van der Waals surface area contributed by atoms with Crippen molar-refractivity contribution in [2.75, 3.05) is 19.7 Å². The Hall–Kier alpha value is -0.850. The zero-order valence-electron chi connectivity index (χ0n) is 15.9. The van der Waals surface area contributed by atoms with Crippen molar-refractivity contribution in [3.05, 3.63) is 35.9 Å². The van der Waals surface area contributed by atoms with Gasteiger partial charge in [0.1, 0.15) is 0 Å². The number of halogens is 2. The molecule has 0 bridgehead atoms. The van der Waals surface area contributed by atoms with Crippen LogP contribution >= 0.6 is 24.8 Å². The van der Waals surface area contributed by atoms with Gasteiger partial charge in [0.15, 0.2) is 0 Å². The van der Waals surface area contributed by atoms with E-state index >= 15 is 0 Å². The van der Waals surface area contributed by atoms with Crippen molar-refractivity contribution in [1.29, 1.82) is 0 Å². The summed E-state index contributed by atoms with van der Waals surface area (Å²) in [6.45, 7) is 9.20. The molecular formula is C19H33Cl2N3O2. The van der Waals surface area contributed by atoms with E-state index in [0.717, 1.165) is 26.1 Å². The third kappa shape index (κ3) is 7.41. The third-order valence-corrected chi connectivity index (χ3v) is 4.85. The average molecular weight is 406 g/mol. The van der Waals surface area contributed by atoms with Gasteiger partial charge in [-0.3, -0.25) is 9.69 Å². The molecule has 3 N–H and O–H groups in total. The second-order valence-corrected chi connectivity index (χ2v) is 6.80. The SMILES string of the molecule is CCC(NC(=O)C(C)C(C)N)C1CN(Cc2ccccc2)CCO1.Cl.Cl. The van der Waals surface area contributed by atoms with Gasteiger partial charge in [0, 0.05) is 31.6 Å². The number of nitrogens with one attached hydrogen (secondary N) is 1. The minimum atomic E-state index is -0.192. The van der Waals surface area contributed by atoms with Crippen LogP contribution in [0.2, 0.25) is 0 Å². The minimum absolute atomic E-state index is 0. The highest BCUT2D eigenvalue weighted by Crippen LogP contribution is 2.15. The van der Waals surface area contributed by atoms with Gasteiger partial charge in [-0.15, -0.1) is 24.8 Å². The number of rotatable bonds is 7. The first-order chi connectivity index (χ1) is 11.5. The van der Waals surface area contributed by atoms with E-state index in [2.05, 4.69) is 41.4 Å². The van der Waals surface area contributed by atoms with Crippen LogP contribution in [-0.2, 0) is 16.1 Å². The lowest BCUT2D eigenvalue weighted by Gasteiger charge is -2.37. The van der Waals surface area contributed by atoms with E-state index in [1.165, 1.54) is 5.56 Å². The number of amides is 1. The number of benzene rings is 1. The van der Waals surface area contributed by atoms with Gasteiger partial charge in [0.05, 0.1) is 18.8 Å². The number of nitrogens with two attached hydrogens (primary N) is 1. The molecule has 1 heterocycles. The van der Waals surface area contributed by atoms with Gasteiger partial charge < -0.3 is 15.8 Å². The van der Waals surface area contributed by atoms with E-state index in [4.69, 9.17) is 10.5 Å². The van der Waals surface area contributed by atoms with Crippen LogP contribution in [0.5, 0.6) is 0 Å². The van der Waals surface area contributed by atoms with Crippen LogP contribution < -0.4 is 11.1 Å². The normalized spacial score (nSPS) is 20.8. The maximum absolute atomic E-state index is 12.3. The summed E-state index contributed by atoms with van der Waals surface area (Å²) in [7, 11) is 0. The molecule has 7 heteroatoms. The highest BCUT2D eigenvalue weighted by Gasteiger charge is 2.29. The average Bonchev–Trinajstić information content (AvgIpc) is 2.59. The fourth-order valence-electron chi connectivity index (χ4n) is 2.97. The van der Waals surface area contributed by atoms with Gasteiger partial charge in [0.2, 0.25) is 5.91 Å². The molecule has 150 valence electrons. The highest BCUT2D eigenvalue weighted by atomic mass is 35.5. The molecule has 1 aliphatic rings. The summed E-state index contributed by atoms with van der Waals surface area (Å²) < 4.78 is 5.95. The van der Waals surface area contributed by atoms with Crippen molar-refractivity contribution in [3.63, 3.8) is 0 Å². The molecule has 0 aromatic heterocycles. The zero-order valence-corrected chi connectivity index (χ0v) is 17.5. The highest BCUT2D eigenvalue weighted by molar-refractivity contribution is 5.85. The quantitative estimate of drug-likeness (QED) is 0.731. The lowest BCUT2D eigenvalue weighted by atomic mass is 10.0. The smallest absolute Gasteiger partial charge is 0.224 e. The minimum Gasteiger partial charge on any atom is -0.373 e. The third-order valence-electron chi connectivity index (χ3n) is 4.85. The standard InChI is InChI=1S/C19H31N3O2.2ClH/c1-4-17(21-19(23)14(2)15(3)20)18-13-22(10-11-24-18)12-16-8-6-5-7-9-16;;/h5-9,14-15,17-18H,4,10-13,20H2,1-3H3,(H,21,23);2*1H. The van der Waals surface area contributed by atoms with E-state index in [9.17, 15) is 4.79 Å². The second kappa shape index (κ2) is 12.5. The maximum Gasteiger partial charge on any atom is 0.224 e. The molecule has 1 aromatic carbocycles. The monoisotopic (exact) mass is 405 g/mol. The number of nitrogens with zero attached hydrogens (tertiary/aromatic N) is 1. The molecule has 1 aromatic rings. The van der Waals surface area contributed by atoms with Gasteiger partial charge in [-0.1, -0.05) is 44.2 Å². The lowest BCUT2D eigenvalue weighted by Crippen LogP contribution is -2.54. The molecular weight excluding hydrogens is 373 g/mol. The summed E-state index contributed by atoms with van der Waals surface area (Å²) in [5.74, 6) is -0.177. The summed E-state index contributed by atoms with van der Waals surface area (Å²) in [6, 6.07) is 10.3. The fourth-order valence-corrected chi connectivity index (χ4v) is 2.97. The van der Waals surface area contributed by atoms with Crippen LogP contribution in [0.3, 0.4) is 0 Å². The van der Waals surface area contributed by atoms with Crippen LogP contribution in [-0.4, -0.2) is 48.7 Å². The van der Waals surface area contributed by atoms with Crippen LogP contribution in [0.15, 0.2) is 30.3 Å². The number of carbonyl (C=O) groups excluding carboxylic acids is 1. The Morgan fingerprint density at radius 3 is 2.54 bits per heavy atom. The molecule has 26 heavy (non-hydrogen) atoms. The molecule has 1 saturated heterocycles. The fraction of sp³-hybridized carbons (Fsp3) is 0.632. The Morgan fingerprint density at radius 1 is 1.31 bits per heavy atom. The van der Waals surface area contributed by atoms with Gasteiger partial charge in [0.25, 0.3) is 0 Å². The first kappa shape index (κ1) is 25.1. The molecule has 1 aliphatic heterocycles. The van der Waals surface area contributed by atoms with Crippen molar-refractivity contribution in [2.45, 2.75) is 51.9 Å². The number of hydrogen-bond acceptors (Lipinski definition) is 4. The zero-order chi connectivity index (χ0) is 17.5. The first-order valence-electron chi connectivity index (χ1n) is 8.95. The van der Waals surface area contributed by atoms with E-state index in [1.54, 1.807) is 0 Å². The second-order valence-electron chi connectivity index (χ2n) is 6.80. The summed E-state index contributed by atoms with van der Waals surface area (Å²) in [5, 5.41) is 3.13. The molecule has 0 saturated carbocycles. The molecule has 0 radical (unpaired) electrons. The Morgan fingerprint density at radius 2 is 1.96 bits per heavy atom. The van der Waals surface area contributed by atoms with E-state index in [1.807, 2.05) is 19.9 Å². The van der Waals surface area contributed by atoms with Gasteiger partial charge >= 0.3 is 0 Å². The Labute approximate surface area is 169 Å². The van der Waals surface area contributed by atoms with Gasteiger partial charge in [-0.05, 0) is 18.9 Å². The van der Waals surface area contributed by atoms with Crippen molar-refractivity contribution in [3.8, 4) is 0 Å². The van der Waals surface area contributed by atoms with Gasteiger partial charge in [-0.2, -0.15) is 0 Å². The van der Waals surface area contributed by atoms with Crippen molar-refractivity contribution in [1.82, 2.24) is 10.2 Å². The molecule has 1 amide bonds. The van der Waals surface area contributed by atoms with E-state index in [-0.39, 0.29) is 54.8 Å². The molecule has 4 unspecified atom stereocenters. The predicted octanol–water partition coefficient (Wildman–Crippen LogP) is 2.61. The summed E-state index contributed by atoms with van der Waals surface area (Å²) >= 11 is 0. The van der Waals surface area contributed by atoms with E-state index in [0.29, 0.717) is 6.61 Å². The Bertz CT molecular complexity index is 517. The Balaban J connectivity index is 0.00000312.